The van der Waals surface area contributed by atoms with Gasteiger partial charge in [-0.15, -0.1) is 0 Å². The molecule has 5 nitrogen and oxygen atoms in total. The Morgan fingerprint density at radius 1 is 1.00 bits per heavy atom. The van der Waals surface area contributed by atoms with Crippen LogP contribution in [0.25, 0.3) is 33.4 Å². The van der Waals surface area contributed by atoms with Crippen molar-refractivity contribution in [2.45, 2.75) is 19.9 Å². The first-order valence-electron chi connectivity index (χ1n) is 11.4. The number of esters is 1. The highest BCUT2D eigenvalue weighted by Gasteiger charge is 2.26. The van der Waals surface area contributed by atoms with Gasteiger partial charge in [0.15, 0.2) is 0 Å². The van der Waals surface area contributed by atoms with Crippen LogP contribution < -0.4 is 0 Å². The molecule has 0 saturated heterocycles. The Labute approximate surface area is 213 Å². The van der Waals surface area contributed by atoms with Crippen LogP contribution in [0.15, 0.2) is 79.1 Å². The Kier molecular flexibility index (Phi) is 6.62. The van der Waals surface area contributed by atoms with E-state index in [1.54, 1.807) is 6.92 Å². The highest BCUT2D eigenvalue weighted by atomic mass is 35.5. The molecule has 0 aliphatic carbocycles. The van der Waals surface area contributed by atoms with E-state index in [9.17, 15) is 4.79 Å². The van der Waals surface area contributed by atoms with E-state index >= 15 is 0 Å². The molecule has 1 N–H and O–H groups in total. The maximum Gasteiger partial charge on any atom is 0.355 e. The van der Waals surface area contributed by atoms with Gasteiger partial charge >= 0.3 is 5.97 Å². The van der Waals surface area contributed by atoms with Crippen LogP contribution >= 0.6 is 23.2 Å². The van der Waals surface area contributed by atoms with Gasteiger partial charge in [0.05, 0.1) is 24.3 Å². The Morgan fingerprint density at radius 3 is 2.49 bits per heavy atom. The minimum absolute atomic E-state index is 0.274. The molecule has 0 saturated carbocycles. The minimum atomic E-state index is -0.417. The van der Waals surface area contributed by atoms with Gasteiger partial charge in [-0.1, -0.05) is 71.7 Å². The number of rotatable bonds is 7. The number of benzene rings is 3. The van der Waals surface area contributed by atoms with Gasteiger partial charge in [-0.05, 0) is 43.2 Å². The smallest absolute Gasteiger partial charge is 0.355 e. The fraction of sp³-hybridized carbons (Fsp3) is 0.143. The Morgan fingerprint density at radius 2 is 1.74 bits per heavy atom. The number of aryl methyl sites for hydroxylation is 2. The van der Waals surface area contributed by atoms with E-state index in [1.807, 2.05) is 79.1 Å². The standard InChI is InChI=1S/C28H23Cl2N3O2/c1-2-35-28(34)26-24(22-13-12-21(30)16-23(22)32-26)27-25(19-6-4-3-5-7-19)31-17-33(27)15-14-18-8-10-20(29)11-9-18/h3-13,16-17,32H,2,14-15H2,1H3. The van der Waals surface area contributed by atoms with Gasteiger partial charge in [0.25, 0.3) is 0 Å². The summed E-state index contributed by atoms with van der Waals surface area (Å²) >= 11 is 12.3. The molecule has 0 atom stereocenters. The third-order valence-corrected chi connectivity index (χ3v) is 6.40. The highest BCUT2D eigenvalue weighted by molar-refractivity contribution is 6.31. The average molecular weight is 504 g/mol. The number of nitrogens with zero attached hydrogens (tertiary/aromatic N) is 2. The molecule has 0 aliphatic rings. The number of nitrogens with one attached hydrogen (secondary N) is 1. The summed E-state index contributed by atoms with van der Waals surface area (Å²) in [6.45, 7) is 2.73. The van der Waals surface area contributed by atoms with Gasteiger partial charge in [0, 0.05) is 38.6 Å². The third-order valence-electron chi connectivity index (χ3n) is 5.92. The van der Waals surface area contributed by atoms with Gasteiger partial charge in [-0.25, -0.2) is 9.78 Å². The topological polar surface area (TPSA) is 59.9 Å². The average Bonchev–Trinajstić information content (AvgIpc) is 3.45. The molecular weight excluding hydrogens is 481 g/mol. The number of fused-ring (bicyclic) bond motifs is 1. The zero-order valence-corrected chi connectivity index (χ0v) is 20.6. The number of H-pyrrole nitrogens is 1. The second-order valence-electron chi connectivity index (χ2n) is 8.16. The summed E-state index contributed by atoms with van der Waals surface area (Å²) in [4.78, 5) is 21.1. The molecular formula is C28H23Cl2N3O2. The molecule has 0 fully saturated rings. The van der Waals surface area contributed by atoms with Crippen molar-refractivity contribution >= 4 is 40.1 Å². The molecule has 7 heteroatoms. The Balaban J connectivity index is 1.70. The number of aromatic nitrogens is 3. The monoisotopic (exact) mass is 503 g/mol. The van der Waals surface area contributed by atoms with Gasteiger partial charge in [-0.3, -0.25) is 0 Å². The molecule has 5 rings (SSSR count). The molecule has 35 heavy (non-hydrogen) atoms. The van der Waals surface area contributed by atoms with Crippen molar-refractivity contribution in [3.05, 3.63) is 100 Å². The molecule has 0 bridgehead atoms. The lowest BCUT2D eigenvalue weighted by Crippen LogP contribution is -2.09. The van der Waals surface area contributed by atoms with Gasteiger partial charge < -0.3 is 14.3 Å². The predicted molar refractivity (Wildman–Crippen MR) is 141 cm³/mol. The largest absolute Gasteiger partial charge is 0.461 e. The van der Waals surface area contributed by atoms with Crippen LogP contribution in [0.2, 0.25) is 10.0 Å². The van der Waals surface area contributed by atoms with E-state index in [4.69, 9.17) is 32.9 Å². The molecule has 0 radical (unpaired) electrons. The zero-order chi connectivity index (χ0) is 24.4. The van der Waals surface area contributed by atoms with Crippen molar-refractivity contribution in [2.75, 3.05) is 6.61 Å². The number of aromatic amines is 1. The molecule has 0 unspecified atom stereocenters. The number of carbonyl (C=O) groups excluding carboxylic acids is 1. The molecule has 176 valence electrons. The van der Waals surface area contributed by atoms with E-state index in [2.05, 4.69) is 9.55 Å². The maximum absolute atomic E-state index is 13.1. The van der Waals surface area contributed by atoms with Crippen molar-refractivity contribution in [3.63, 3.8) is 0 Å². The van der Waals surface area contributed by atoms with Crippen LogP contribution in [0.5, 0.6) is 0 Å². The van der Waals surface area contributed by atoms with Crippen LogP contribution in [-0.4, -0.2) is 27.1 Å². The zero-order valence-electron chi connectivity index (χ0n) is 19.1. The summed E-state index contributed by atoms with van der Waals surface area (Å²) < 4.78 is 7.50. The molecule has 0 spiro atoms. The Bertz CT molecular complexity index is 1490. The fourth-order valence-corrected chi connectivity index (χ4v) is 4.59. The quantitative estimate of drug-likeness (QED) is 0.235. The number of carbonyl (C=O) groups is 1. The molecule has 0 aliphatic heterocycles. The summed E-state index contributed by atoms with van der Waals surface area (Å²) in [6.07, 6.45) is 2.61. The van der Waals surface area contributed by atoms with Crippen LogP contribution in [0, 0.1) is 0 Å². The first kappa shape index (κ1) is 23.2. The summed E-state index contributed by atoms with van der Waals surface area (Å²) in [6, 6.07) is 23.4. The second-order valence-corrected chi connectivity index (χ2v) is 9.04. The van der Waals surface area contributed by atoms with E-state index in [1.165, 1.54) is 0 Å². The van der Waals surface area contributed by atoms with Crippen LogP contribution in [0.3, 0.4) is 0 Å². The third kappa shape index (κ3) is 4.70. The normalized spacial score (nSPS) is 11.2. The number of hydrogen-bond acceptors (Lipinski definition) is 3. The summed E-state index contributed by atoms with van der Waals surface area (Å²) in [5.41, 5.74) is 5.67. The SMILES string of the molecule is CCOC(=O)c1[nH]c2cc(Cl)ccc2c1-c1c(-c2ccccc2)ncn1CCc1ccc(Cl)cc1. The predicted octanol–water partition coefficient (Wildman–Crippen LogP) is 7.42. The first-order chi connectivity index (χ1) is 17.0. The molecule has 2 heterocycles. The van der Waals surface area contributed by atoms with Gasteiger partial charge in [0.1, 0.15) is 5.69 Å². The van der Waals surface area contributed by atoms with Gasteiger partial charge in [0.2, 0.25) is 0 Å². The number of ether oxygens (including phenoxy) is 1. The van der Waals surface area contributed by atoms with E-state index < -0.39 is 5.97 Å². The van der Waals surface area contributed by atoms with Crippen molar-refractivity contribution in [2.24, 2.45) is 0 Å². The first-order valence-corrected chi connectivity index (χ1v) is 12.1. The summed E-state index contributed by atoms with van der Waals surface area (Å²) in [5.74, 6) is -0.417. The van der Waals surface area contributed by atoms with Crippen LogP contribution in [0.1, 0.15) is 23.0 Å². The second kappa shape index (κ2) is 9.98. The highest BCUT2D eigenvalue weighted by Crippen LogP contribution is 2.39. The van der Waals surface area contributed by atoms with Crippen molar-refractivity contribution < 1.29 is 9.53 Å². The summed E-state index contributed by atoms with van der Waals surface area (Å²) in [5, 5.41) is 2.17. The number of imidazole rings is 1. The van der Waals surface area contributed by atoms with E-state index in [0.717, 1.165) is 45.4 Å². The Hall–Kier alpha value is -3.54. The maximum atomic E-state index is 13.1. The summed E-state index contributed by atoms with van der Waals surface area (Å²) in [7, 11) is 0. The van der Waals surface area contributed by atoms with Crippen LogP contribution in [-0.2, 0) is 17.7 Å². The van der Waals surface area contributed by atoms with Gasteiger partial charge in [-0.2, -0.15) is 0 Å². The van der Waals surface area contributed by atoms with E-state index in [0.29, 0.717) is 22.3 Å². The lowest BCUT2D eigenvalue weighted by Gasteiger charge is -2.12. The van der Waals surface area contributed by atoms with Crippen molar-refractivity contribution in [1.29, 1.82) is 0 Å². The lowest BCUT2D eigenvalue weighted by molar-refractivity contribution is 0.0521. The molecule has 0 amide bonds. The molecule has 5 aromatic rings. The number of halogens is 2. The van der Waals surface area contributed by atoms with Crippen molar-refractivity contribution in [3.8, 4) is 22.5 Å². The lowest BCUT2D eigenvalue weighted by atomic mass is 10.0. The molecule has 3 aromatic carbocycles. The number of hydrogen-bond donors (Lipinski definition) is 1. The van der Waals surface area contributed by atoms with Crippen LogP contribution in [0.4, 0.5) is 0 Å². The van der Waals surface area contributed by atoms with E-state index in [-0.39, 0.29) is 6.61 Å². The minimum Gasteiger partial charge on any atom is -0.461 e. The fourth-order valence-electron chi connectivity index (χ4n) is 4.29. The van der Waals surface area contributed by atoms with Crippen molar-refractivity contribution in [1.82, 2.24) is 14.5 Å². The molecule has 2 aromatic heterocycles.